The van der Waals surface area contributed by atoms with Crippen LogP contribution < -0.4 is 5.32 Å². The topological polar surface area (TPSA) is 76.9 Å². The first-order valence-corrected chi connectivity index (χ1v) is 7.13. The molecule has 1 rings (SSSR count). The van der Waals surface area contributed by atoms with Crippen LogP contribution in [0.25, 0.3) is 0 Å². The smallest absolute Gasteiger partial charge is 0.150 e. The van der Waals surface area contributed by atoms with E-state index in [-0.39, 0.29) is 11.5 Å². The molecule has 0 saturated heterocycles. The Morgan fingerprint density at radius 1 is 1.50 bits per heavy atom. The molecule has 0 fully saturated rings. The number of nitrogens with one attached hydrogen (secondary N) is 1. The lowest BCUT2D eigenvalue weighted by Gasteiger charge is -2.00. The fraction of sp³-hybridized carbons (Fsp3) is 0.778. The highest BCUT2D eigenvalue weighted by atomic mass is 32.2. The molecule has 6 nitrogen and oxygen atoms in total. The van der Waals surface area contributed by atoms with Crippen molar-refractivity contribution in [2.45, 2.75) is 26.4 Å². The molecule has 0 atom stereocenters. The molecule has 1 N–H and O–H groups in total. The number of aryl methyl sites for hydroxylation is 1. The van der Waals surface area contributed by atoms with E-state index in [1.54, 1.807) is 11.6 Å². The van der Waals surface area contributed by atoms with Crippen LogP contribution in [0.15, 0.2) is 6.20 Å². The van der Waals surface area contributed by atoms with E-state index in [0.717, 1.165) is 5.69 Å². The Bertz CT molecular complexity index is 413. The number of nitrogens with zero attached hydrogens (tertiary/aromatic N) is 3. The molecule has 7 heteroatoms. The van der Waals surface area contributed by atoms with Gasteiger partial charge in [-0.3, -0.25) is 4.68 Å². The molecule has 1 heterocycles. The third-order valence-electron chi connectivity index (χ3n) is 2.23. The summed E-state index contributed by atoms with van der Waals surface area (Å²) in [6, 6.07) is 0. The summed E-state index contributed by atoms with van der Waals surface area (Å²) in [5.74, 6) is 0.417. The van der Waals surface area contributed by atoms with E-state index in [0.29, 0.717) is 19.5 Å². The van der Waals surface area contributed by atoms with Gasteiger partial charge in [-0.05, 0) is 13.5 Å². The first-order valence-electron chi connectivity index (χ1n) is 5.31. The fourth-order valence-electron chi connectivity index (χ4n) is 1.30. The minimum absolute atomic E-state index is 0.204. The highest BCUT2D eigenvalue weighted by Gasteiger charge is 2.07. The van der Waals surface area contributed by atoms with Crippen LogP contribution in [0.5, 0.6) is 0 Å². The Labute approximate surface area is 96.0 Å². The summed E-state index contributed by atoms with van der Waals surface area (Å²) in [6.45, 7) is 2.93. The molecule has 92 valence electrons. The molecular formula is C9H18N4O2S. The Kier molecular flexibility index (Phi) is 4.88. The van der Waals surface area contributed by atoms with Crippen LogP contribution in [-0.2, 0) is 22.9 Å². The van der Waals surface area contributed by atoms with Crippen LogP contribution in [0.2, 0.25) is 0 Å². The van der Waals surface area contributed by atoms with Crippen molar-refractivity contribution in [3.8, 4) is 0 Å². The predicted octanol–water partition coefficient (Wildman–Crippen LogP) is -0.178. The number of hydrogen-bond donors (Lipinski definition) is 1. The molecule has 0 amide bonds. The standard InChI is InChI=1S/C9H18N4O2S/c1-3-16(14,15)6-4-5-13-8-9(7-10-2)11-12-13/h8,10H,3-7H2,1-2H3. The lowest BCUT2D eigenvalue weighted by Crippen LogP contribution is -2.11. The van der Waals surface area contributed by atoms with Crippen molar-refractivity contribution in [3.63, 3.8) is 0 Å². The number of aromatic nitrogens is 3. The third-order valence-corrected chi connectivity index (χ3v) is 4.02. The fourth-order valence-corrected chi connectivity index (χ4v) is 2.16. The van der Waals surface area contributed by atoms with Gasteiger partial charge in [0.25, 0.3) is 0 Å². The third kappa shape index (κ3) is 4.28. The minimum Gasteiger partial charge on any atom is -0.314 e. The Morgan fingerprint density at radius 3 is 2.88 bits per heavy atom. The average molecular weight is 246 g/mol. The molecule has 0 aliphatic rings. The molecule has 0 aliphatic heterocycles. The summed E-state index contributed by atoms with van der Waals surface area (Å²) in [6.07, 6.45) is 2.41. The second kappa shape index (κ2) is 5.95. The monoisotopic (exact) mass is 246 g/mol. The lowest BCUT2D eigenvalue weighted by atomic mass is 10.4. The van der Waals surface area contributed by atoms with Crippen molar-refractivity contribution >= 4 is 9.84 Å². The van der Waals surface area contributed by atoms with E-state index in [4.69, 9.17) is 0 Å². The molecule has 0 radical (unpaired) electrons. The summed E-state index contributed by atoms with van der Waals surface area (Å²) < 4.78 is 24.2. The second-order valence-corrected chi connectivity index (χ2v) is 6.07. The van der Waals surface area contributed by atoms with Crippen molar-refractivity contribution in [1.82, 2.24) is 20.3 Å². The quantitative estimate of drug-likeness (QED) is 0.722. The second-order valence-electron chi connectivity index (χ2n) is 3.59. The first-order chi connectivity index (χ1) is 7.57. The average Bonchev–Trinajstić information content (AvgIpc) is 2.66. The van der Waals surface area contributed by atoms with Gasteiger partial charge in [-0.1, -0.05) is 12.1 Å². The van der Waals surface area contributed by atoms with Gasteiger partial charge in [0.05, 0.1) is 11.4 Å². The predicted molar refractivity (Wildman–Crippen MR) is 61.7 cm³/mol. The van der Waals surface area contributed by atoms with Crippen LogP contribution in [-0.4, -0.2) is 42.0 Å². The Balaban J connectivity index is 2.37. The van der Waals surface area contributed by atoms with E-state index in [1.807, 2.05) is 13.2 Å². The van der Waals surface area contributed by atoms with Gasteiger partial charge in [0.1, 0.15) is 9.84 Å². The van der Waals surface area contributed by atoms with E-state index in [2.05, 4.69) is 15.6 Å². The van der Waals surface area contributed by atoms with Crippen LogP contribution >= 0.6 is 0 Å². The van der Waals surface area contributed by atoms with E-state index in [9.17, 15) is 8.42 Å². The van der Waals surface area contributed by atoms with Crippen LogP contribution in [0.3, 0.4) is 0 Å². The molecule has 1 aromatic rings. The summed E-state index contributed by atoms with van der Waals surface area (Å²) in [4.78, 5) is 0. The molecule has 0 bridgehead atoms. The minimum atomic E-state index is -2.87. The van der Waals surface area contributed by atoms with Crippen molar-refractivity contribution in [3.05, 3.63) is 11.9 Å². The zero-order chi connectivity index (χ0) is 12.0. The summed E-state index contributed by atoms with van der Waals surface area (Å²) >= 11 is 0. The normalized spacial score (nSPS) is 11.9. The molecule has 0 unspecified atom stereocenters. The zero-order valence-electron chi connectivity index (χ0n) is 9.68. The van der Waals surface area contributed by atoms with Crippen molar-refractivity contribution < 1.29 is 8.42 Å². The van der Waals surface area contributed by atoms with Gasteiger partial charge in [0, 0.05) is 25.0 Å². The zero-order valence-corrected chi connectivity index (χ0v) is 10.5. The maximum Gasteiger partial charge on any atom is 0.150 e. The maximum atomic E-state index is 11.2. The Hall–Kier alpha value is -0.950. The molecule has 16 heavy (non-hydrogen) atoms. The molecule has 0 spiro atoms. The van der Waals surface area contributed by atoms with Crippen LogP contribution in [0, 0.1) is 0 Å². The first kappa shape index (κ1) is 13.1. The highest BCUT2D eigenvalue weighted by molar-refractivity contribution is 7.91. The molecule has 0 aromatic carbocycles. The van der Waals surface area contributed by atoms with Gasteiger partial charge in [-0.15, -0.1) is 5.10 Å². The van der Waals surface area contributed by atoms with Gasteiger partial charge in [0.15, 0.2) is 0 Å². The molecule has 0 aliphatic carbocycles. The molecule has 0 saturated carbocycles. The van der Waals surface area contributed by atoms with Crippen LogP contribution in [0.1, 0.15) is 19.0 Å². The van der Waals surface area contributed by atoms with Gasteiger partial charge >= 0.3 is 0 Å². The Morgan fingerprint density at radius 2 is 2.25 bits per heavy atom. The van der Waals surface area contributed by atoms with Gasteiger partial charge in [-0.2, -0.15) is 0 Å². The van der Waals surface area contributed by atoms with Crippen molar-refractivity contribution in [2.75, 3.05) is 18.6 Å². The maximum absolute atomic E-state index is 11.2. The van der Waals surface area contributed by atoms with Gasteiger partial charge in [-0.25, -0.2) is 8.42 Å². The summed E-state index contributed by atoms with van der Waals surface area (Å²) in [5, 5.41) is 10.8. The van der Waals surface area contributed by atoms with Crippen molar-refractivity contribution in [1.29, 1.82) is 0 Å². The summed E-state index contributed by atoms with van der Waals surface area (Å²) in [7, 11) is -1.03. The van der Waals surface area contributed by atoms with E-state index in [1.165, 1.54) is 0 Å². The van der Waals surface area contributed by atoms with Crippen LogP contribution in [0.4, 0.5) is 0 Å². The van der Waals surface area contributed by atoms with E-state index < -0.39 is 9.84 Å². The SMILES string of the molecule is CCS(=O)(=O)CCCn1cc(CNC)nn1. The number of rotatable bonds is 7. The highest BCUT2D eigenvalue weighted by Crippen LogP contribution is 1.98. The van der Waals surface area contributed by atoms with Gasteiger partial charge < -0.3 is 5.32 Å². The van der Waals surface area contributed by atoms with Gasteiger partial charge in [0.2, 0.25) is 0 Å². The summed E-state index contributed by atoms with van der Waals surface area (Å²) in [5.41, 5.74) is 0.862. The number of hydrogen-bond acceptors (Lipinski definition) is 5. The van der Waals surface area contributed by atoms with E-state index >= 15 is 0 Å². The largest absolute Gasteiger partial charge is 0.314 e. The molecular weight excluding hydrogens is 228 g/mol. The number of sulfone groups is 1. The van der Waals surface area contributed by atoms with Crippen molar-refractivity contribution in [2.24, 2.45) is 0 Å². The lowest BCUT2D eigenvalue weighted by molar-refractivity contribution is 0.562. The molecule has 1 aromatic heterocycles.